The van der Waals surface area contributed by atoms with Gasteiger partial charge in [0.25, 0.3) is 0 Å². The number of carboxylic acid groups (broad SMARTS) is 1. The maximum Gasteiger partial charge on any atom is 0.329 e. The lowest BCUT2D eigenvalue weighted by molar-refractivity contribution is -0.147. The summed E-state index contributed by atoms with van der Waals surface area (Å²) in [6.45, 7) is 3.50. The molecule has 108 valence electrons. The standard InChI is InChI=1S/C12H21N3O4/c1-7(2)8(14-11(13)19)9(16)15-12(10(17)18)5-3-4-6-12/h7-8H,3-6H2,1-2H3,(H,15,16)(H,17,18)(H3,13,14,19). The summed E-state index contributed by atoms with van der Waals surface area (Å²) in [5, 5.41) is 14.2. The van der Waals surface area contributed by atoms with E-state index < -0.39 is 29.5 Å². The van der Waals surface area contributed by atoms with Crippen molar-refractivity contribution >= 4 is 17.9 Å². The number of hydrogen-bond donors (Lipinski definition) is 4. The third-order valence-electron chi connectivity index (χ3n) is 3.48. The van der Waals surface area contributed by atoms with E-state index in [1.165, 1.54) is 0 Å². The van der Waals surface area contributed by atoms with Crippen molar-refractivity contribution in [1.29, 1.82) is 0 Å². The fourth-order valence-electron chi connectivity index (χ4n) is 2.37. The fraction of sp³-hybridized carbons (Fsp3) is 0.750. The number of nitrogens with two attached hydrogens (primary N) is 1. The number of primary amides is 1. The van der Waals surface area contributed by atoms with Gasteiger partial charge in [0.05, 0.1) is 0 Å². The number of amides is 3. The monoisotopic (exact) mass is 271 g/mol. The van der Waals surface area contributed by atoms with Crippen molar-refractivity contribution < 1.29 is 19.5 Å². The molecule has 3 amide bonds. The molecule has 0 aromatic carbocycles. The van der Waals surface area contributed by atoms with Crippen LogP contribution < -0.4 is 16.4 Å². The SMILES string of the molecule is CC(C)C(NC(N)=O)C(=O)NC1(C(=O)O)CCCC1. The van der Waals surface area contributed by atoms with Gasteiger partial charge in [0.2, 0.25) is 5.91 Å². The third kappa shape index (κ3) is 3.59. The van der Waals surface area contributed by atoms with E-state index in [4.69, 9.17) is 5.73 Å². The van der Waals surface area contributed by atoms with Gasteiger partial charge in [-0.3, -0.25) is 4.79 Å². The highest BCUT2D eigenvalue weighted by Gasteiger charge is 2.44. The number of nitrogens with one attached hydrogen (secondary N) is 2. The summed E-state index contributed by atoms with van der Waals surface area (Å²) in [5.74, 6) is -1.71. The summed E-state index contributed by atoms with van der Waals surface area (Å²) in [4.78, 5) is 34.4. The molecule has 1 fully saturated rings. The average molecular weight is 271 g/mol. The van der Waals surface area contributed by atoms with Gasteiger partial charge in [0.1, 0.15) is 11.6 Å². The number of rotatable bonds is 5. The normalized spacial score (nSPS) is 18.9. The maximum atomic E-state index is 12.1. The molecular formula is C12H21N3O4. The number of carbonyl (C=O) groups excluding carboxylic acids is 2. The minimum Gasteiger partial charge on any atom is -0.480 e. The molecule has 1 aliphatic rings. The molecule has 0 aliphatic heterocycles. The Morgan fingerprint density at radius 1 is 1.21 bits per heavy atom. The lowest BCUT2D eigenvalue weighted by Gasteiger charge is -2.29. The number of hydrogen-bond acceptors (Lipinski definition) is 3. The van der Waals surface area contributed by atoms with E-state index in [1.807, 2.05) is 0 Å². The highest BCUT2D eigenvalue weighted by atomic mass is 16.4. The summed E-state index contributed by atoms with van der Waals surface area (Å²) in [6, 6.07) is -1.63. The van der Waals surface area contributed by atoms with E-state index in [1.54, 1.807) is 13.8 Å². The van der Waals surface area contributed by atoms with E-state index >= 15 is 0 Å². The summed E-state index contributed by atoms with van der Waals surface area (Å²) < 4.78 is 0. The zero-order chi connectivity index (χ0) is 14.6. The van der Waals surface area contributed by atoms with Crippen molar-refractivity contribution in [3.8, 4) is 0 Å². The van der Waals surface area contributed by atoms with Gasteiger partial charge in [-0.15, -0.1) is 0 Å². The van der Waals surface area contributed by atoms with Gasteiger partial charge in [-0.1, -0.05) is 26.7 Å². The zero-order valence-corrected chi connectivity index (χ0v) is 11.2. The van der Waals surface area contributed by atoms with E-state index in [0.717, 1.165) is 12.8 Å². The molecule has 1 aliphatic carbocycles. The first-order valence-corrected chi connectivity index (χ1v) is 6.40. The van der Waals surface area contributed by atoms with Crippen LogP contribution in [-0.4, -0.2) is 34.6 Å². The van der Waals surface area contributed by atoms with E-state index in [-0.39, 0.29) is 5.92 Å². The molecular weight excluding hydrogens is 250 g/mol. The Balaban J connectivity index is 2.80. The van der Waals surface area contributed by atoms with Crippen LogP contribution in [0.3, 0.4) is 0 Å². The largest absolute Gasteiger partial charge is 0.480 e. The molecule has 19 heavy (non-hydrogen) atoms. The molecule has 0 aromatic rings. The van der Waals surface area contributed by atoms with Gasteiger partial charge in [0, 0.05) is 0 Å². The molecule has 1 atom stereocenters. The zero-order valence-electron chi connectivity index (χ0n) is 11.2. The van der Waals surface area contributed by atoms with Crippen LogP contribution in [0, 0.1) is 5.92 Å². The Bertz CT molecular complexity index is 375. The Hall–Kier alpha value is -1.79. The first kappa shape index (κ1) is 15.3. The van der Waals surface area contributed by atoms with Crippen LogP contribution in [0.15, 0.2) is 0 Å². The van der Waals surface area contributed by atoms with E-state index in [0.29, 0.717) is 12.8 Å². The molecule has 1 rings (SSSR count). The summed E-state index contributed by atoms with van der Waals surface area (Å²) >= 11 is 0. The van der Waals surface area contributed by atoms with Crippen molar-refractivity contribution in [1.82, 2.24) is 10.6 Å². The lowest BCUT2D eigenvalue weighted by Crippen LogP contribution is -2.59. The van der Waals surface area contributed by atoms with Gasteiger partial charge in [-0.05, 0) is 18.8 Å². The highest BCUT2D eigenvalue weighted by Crippen LogP contribution is 2.30. The Morgan fingerprint density at radius 3 is 2.11 bits per heavy atom. The van der Waals surface area contributed by atoms with Crippen LogP contribution in [-0.2, 0) is 9.59 Å². The average Bonchev–Trinajstić information content (AvgIpc) is 2.74. The van der Waals surface area contributed by atoms with Gasteiger partial charge < -0.3 is 21.5 Å². The highest BCUT2D eigenvalue weighted by molar-refractivity contribution is 5.92. The smallest absolute Gasteiger partial charge is 0.329 e. The summed E-state index contributed by atoms with van der Waals surface area (Å²) in [6.07, 6.45) is 2.36. The molecule has 1 saturated carbocycles. The van der Waals surface area contributed by atoms with Crippen molar-refractivity contribution in [3.05, 3.63) is 0 Å². The van der Waals surface area contributed by atoms with Gasteiger partial charge in [0.15, 0.2) is 0 Å². The van der Waals surface area contributed by atoms with Crippen molar-refractivity contribution in [2.24, 2.45) is 11.7 Å². The second-order valence-corrected chi connectivity index (χ2v) is 5.31. The predicted molar refractivity (Wildman–Crippen MR) is 68.3 cm³/mol. The van der Waals surface area contributed by atoms with Gasteiger partial charge in [-0.25, -0.2) is 9.59 Å². The number of urea groups is 1. The van der Waals surface area contributed by atoms with Crippen LogP contribution in [0.25, 0.3) is 0 Å². The van der Waals surface area contributed by atoms with Crippen molar-refractivity contribution in [2.75, 3.05) is 0 Å². The minimum absolute atomic E-state index is 0.181. The molecule has 0 heterocycles. The quantitative estimate of drug-likeness (QED) is 0.570. The first-order valence-electron chi connectivity index (χ1n) is 6.40. The fourth-order valence-corrected chi connectivity index (χ4v) is 2.37. The lowest BCUT2D eigenvalue weighted by atomic mass is 9.95. The van der Waals surface area contributed by atoms with Crippen LogP contribution in [0.1, 0.15) is 39.5 Å². The van der Waals surface area contributed by atoms with Crippen LogP contribution in [0.4, 0.5) is 4.79 Å². The van der Waals surface area contributed by atoms with E-state index in [2.05, 4.69) is 10.6 Å². The molecule has 1 unspecified atom stereocenters. The topological polar surface area (TPSA) is 122 Å². The maximum absolute atomic E-state index is 12.1. The molecule has 0 radical (unpaired) electrons. The Kier molecular flexibility index (Phi) is 4.74. The van der Waals surface area contributed by atoms with Gasteiger partial charge >= 0.3 is 12.0 Å². The molecule has 0 saturated heterocycles. The second-order valence-electron chi connectivity index (χ2n) is 5.31. The second kappa shape index (κ2) is 5.90. The molecule has 5 N–H and O–H groups in total. The molecule has 7 heteroatoms. The number of carbonyl (C=O) groups is 3. The Labute approximate surface area is 111 Å². The molecule has 7 nitrogen and oxygen atoms in total. The third-order valence-corrected chi connectivity index (χ3v) is 3.48. The summed E-state index contributed by atoms with van der Waals surface area (Å²) in [7, 11) is 0. The van der Waals surface area contributed by atoms with E-state index in [9.17, 15) is 19.5 Å². The minimum atomic E-state index is -1.20. The molecule has 0 spiro atoms. The predicted octanol–water partition coefficient (Wildman–Crippen LogP) is 0.193. The van der Waals surface area contributed by atoms with Crippen molar-refractivity contribution in [3.63, 3.8) is 0 Å². The van der Waals surface area contributed by atoms with Crippen LogP contribution >= 0.6 is 0 Å². The Morgan fingerprint density at radius 2 is 1.74 bits per heavy atom. The van der Waals surface area contributed by atoms with Crippen molar-refractivity contribution in [2.45, 2.75) is 51.1 Å². The number of carboxylic acids is 1. The molecule has 0 aromatic heterocycles. The molecule has 0 bridgehead atoms. The van der Waals surface area contributed by atoms with Crippen LogP contribution in [0.5, 0.6) is 0 Å². The first-order chi connectivity index (χ1) is 8.78. The number of aliphatic carboxylic acids is 1. The van der Waals surface area contributed by atoms with Gasteiger partial charge in [-0.2, -0.15) is 0 Å². The summed E-state index contributed by atoms with van der Waals surface area (Å²) in [5.41, 5.74) is 3.82. The van der Waals surface area contributed by atoms with Crippen LogP contribution in [0.2, 0.25) is 0 Å².